The summed E-state index contributed by atoms with van der Waals surface area (Å²) in [5.41, 5.74) is 1.17. The monoisotopic (exact) mass is 561 g/mol. The molecular weight excluding hydrogens is 549 g/mol. The molecule has 0 amide bonds. The number of para-hydroxylation sites is 1. The van der Waals surface area contributed by atoms with Crippen LogP contribution in [0.5, 0.6) is 5.75 Å². The Kier molecular flexibility index (Phi) is 6.44. The SMILES string of the molecule is O=S(=O)(Cc1nnc(-c2cccc(O)c2)o1)c1nnc(-c2ccc(Cl)cc2Cl)n1-c1ccccc1Cl. The minimum absolute atomic E-state index is 0.00102. The summed E-state index contributed by atoms with van der Waals surface area (Å²) in [6.45, 7) is 0. The first-order chi connectivity index (χ1) is 17.2. The van der Waals surface area contributed by atoms with E-state index >= 15 is 0 Å². The third-order valence-electron chi connectivity index (χ3n) is 5.05. The largest absolute Gasteiger partial charge is 0.508 e. The first-order valence-electron chi connectivity index (χ1n) is 10.2. The van der Waals surface area contributed by atoms with E-state index in [1.807, 2.05) is 0 Å². The lowest BCUT2D eigenvalue weighted by atomic mass is 10.2. The summed E-state index contributed by atoms with van der Waals surface area (Å²) < 4.78 is 33.9. The van der Waals surface area contributed by atoms with E-state index in [9.17, 15) is 13.5 Å². The molecule has 0 radical (unpaired) electrons. The number of phenols is 1. The number of hydrogen-bond acceptors (Lipinski definition) is 8. The van der Waals surface area contributed by atoms with Gasteiger partial charge in [-0.25, -0.2) is 8.42 Å². The van der Waals surface area contributed by atoms with Gasteiger partial charge in [-0.2, -0.15) is 0 Å². The smallest absolute Gasteiger partial charge is 0.255 e. The van der Waals surface area contributed by atoms with Crippen LogP contribution in [0.3, 0.4) is 0 Å². The fourth-order valence-corrected chi connectivity index (χ4v) is 5.37. The lowest BCUT2D eigenvalue weighted by molar-refractivity contribution is 0.474. The van der Waals surface area contributed by atoms with Crippen molar-refractivity contribution in [1.29, 1.82) is 0 Å². The fourth-order valence-electron chi connectivity index (χ4n) is 3.46. The predicted octanol–water partition coefficient (Wildman–Crippen LogP) is 5.62. The summed E-state index contributed by atoms with van der Waals surface area (Å²) in [4.78, 5) is 0. The number of rotatable bonds is 6. The van der Waals surface area contributed by atoms with Crippen molar-refractivity contribution in [2.24, 2.45) is 0 Å². The highest BCUT2D eigenvalue weighted by molar-refractivity contribution is 7.90. The van der Waals surface area contributed by atoms with Gasteiger partial charge >= 0.3 is 0 Å². The van der Waals surface area contributed by atoms with Crippen LogP contribution in [0.1, 0.15) is 5.89 Å². The molecule has 0 fully saturated rings. The molecule has 0 bridgehead atoms. The molecule has 5 aromatic rings. The lowest BCUT2D eigenvalue weighted by Gasteiger charge is -2.13. The molecule has 0 saturated carbocycles. The minimum Gasteiger partial charge on any atom is -0.508 e. The number of aromatic hydroxyl groups is 1. The molecule has 0 aliphatic rings. The predicted molar refractivity (Wildman–Crippen MR) is 134 cm³/mol. The van der Waals surface area contributed by atoms with Crippen molar-refractivity contribution in [2.45, 2.75) is 10.9 Å². The van der Waals surface area contributed by atoms with Gasteiger partial charge in [0, 0.05) is 16.1 Å². The quantitative estimate of drug-likeness (QED) is 0.283. The maximum atomic E-state index is 13.5. The summed E-state index contributed by atoms with van der Waals surface area (Å²) in [5, 5.41) is 26.0. The van der Waals surface area contributed by atoms with E-state index in [0.717, 1.165) is 0 Å². The van der Waals surface area contributed by atoms with Crippen molar-refractivity contribution in [2.75, 3.05) is 0 Å². The van der Waals surface area contributed by atoms with Gasteiger partial charge in [-0.1, -0.05) is 53.0 Å². The Hall–Kier alpha value is -3.44. The summed E-state index contributed by atoms with van der Waals surface area (Å²) in [6.07, 6.45) is 0. The second-order valence-electron chi connectivity index (χ2n) is 7.53. The Labute approximate surface area is 219 Å². The summed E-state index contributed by atoms with van der Waals surface area (Å²) in [7, 11) is -4.18. The Balaban J connectivity index is 1.60. The van der Waals surface area contributed by atoms with Gasteiger partial charge < -0.3 is 9.52 Å². The molecule has 0 spiro atoms. The highest BCUT2D eigenvalue weighted by Crippen LogP contribution is 2.35. The molecule has 0 atom stereocenters. The number of aromatic nitrogens is 5. The number of phenolic OH excluding ortho intramolecular Hbond substituents is 1. The Morgan fingerprint density at radius 1 is 0.861 bits per heavy atom. The van der Waals surface area contributed by atoms with E-state index in [-0.39, 0.29) is 33.4 Å². The van der Waals surface area contributed by atoms with Crippen LogP contribution >= 0.6 is 34.8 Å². The Bertz CT molecular complexity index is 1700. The Morgan fingerprint density at radius 3 is 2.42 bits per heavy atom. The van der Waals surface area contributed by atoms with E-state index < -0.39 is 20.7 Å². The van der Waals surface area contributed by atoms with E-state index in [1.54, 1.807) is 48.5 Å². The minimum atomic E-state index is -4.18. The second kappa shape index (κ2) is 9.55. The van der Waals surface area contributed by atoms with Crippen LogP contribution in [0.4, 0.5) is 0 Å². The van der Waals surface area contributed by atoms with Gasteiger partial charge in [-0.3, -0.25) is 4.57 Å². The van der Waals surface area contributed by atoms with Crippen molar-refractivity contribution in [3.05, 3.63) is 87.7 Å². The van der Waals surface area contributed by atoms with Crippen LogP contribution in [-0.2, 0) is 15.6 Å². The third kappa shape index (κ3) is 4.68. The number of sulfone groups is 1. The first-order valence-corrected chi connectivity index (χ1v) is 13.0. The highest BCUT2D eigenvalue weighted by atomic mass is 35.5. The highest BCUT2D eigenvalue weighted by Gasteiger charge is 2.30. The van der Waals surface area contributed by atoms with Crippen LogP contribution in [0.25, 0.3) is 28.5 Å². The fraction of sp³-hybridized carbons (Fsp3) is 0.0435. The molecule has 2 heterocycles. The van der Waals surface area contributed by atoms with Gasteiger partial charge in [0.25, 0.3) is 5.16 Å². The zero-order valence-electron chi connectivity index (χ0n) is 18.0. The van der Waals surface area contributed by atoms with Crippen molar-refractivity contribution >= 4 is 44.6 Å². The van der Waals surface area contributed by atoms with E-state index in [2.05, 4.69) is 20.4 Å². The number of halogens is 3. The molecule has 0 aliphatic carbocycles. The van der Waals surface area contributed by atoms with Crippen LogP contribution in [-0.4, -0.2) is 38.5 Å². The van der Waals surface area contributed by atoms with Crippen molar-refractivity contribution in [1.82, 2.24) is 25.0 Å². The van der Waals surface area contributed by atoms with E-state index in [0.29, 0.717) is 21.8 Å². The molecule has 0 unspecified atom stereocenters. The molecule has 13 heteroatoms. The number of benzene rings is 3. The topological polar surface area (TPSA) is 124 Å². The van der Waals surface area contributed by atoms with Gasteiger partial charge in [0.1, 0.15) is 11.5 Å². The molecule has 3 aromatic carbocycles. The van der Waals surface area contributed by atoms with Gasteiger partial charge in [0.15, 0.2) is 5.82 Å². The van der Waals surface area contributed by atoms with Crippen LogP contribution < -0.4 is 0 Å². The average Bonchev–Trinajstić information content (AvgIpc) is 3.47. The molecular formula is C23H14Cl3N5O4S. The van der Waals surface area contributed by atoms with Crippen molar-refractivity contribution < 1.29 is 17.9 Å². The van der Waals surface area contributed by atoms with Gasteiger partial charge in [-0.15, -0.1) is 20.4 Å². The summed E-state index contributed by atoms with van der Waals surface area (Å²) in [5.74, 6) is -0.628. The molecule has 1 N–H and O–H groups in total. The van der Waals surface area contributed by atoms with Crippen molar-refractivity contribution in [3.63, 3.8) is 0 Å². The normalized spacial score (nSPS) is 11.6. The zero-order chi connectivity index (χ0) is 25.4. The second-order valence-corrected chi connectivity index (χ2v) is 10.7. The average molecular weight is 563 g/mol. The molecule has 0 saturated heterocycles. The van der Waals surface area contributed by atoms with Crippen LogP contribution in [0.2, 0.25) is 15.1 Å². The maximum Gasteiger partial charge on any atom is 0.255 e. The molecule has 36 heavy (non-hydrogen) atoms. The maximum absolute atomic E-state index is 13.5. The van der Waals surface area contributed by atoms with Gasteiger partial charge in [-0.05, 0) is 48.5 Å². The first kappa shape index (κ1) is 24.3. The lowest BCUT2D eigenvalue weighted by Crippen LogP contribution is -2.13. The zero-order valence-corrected chi connectivity index (χ0v) is 21.1. The van der Waals surface area contributed by atoms with Gasteiger partial charge in [0.2, 0.25) is 21.6 Å². The molecule has 5 rings (SSSR count). The molecule has 9 nitrogen and oxygen atoms in total. The van der Waals surface area contributed by atoms with Crippen molar-refractivity contribution in [3.8, 4) is 34.3 Å². The standard InChI is InChI=1S/C23H14Cl3N5O4S/c24-14-8-9-16(18(26)11-14)21-28-30-23(31(21)19-7-2-1-6-17(19)25)36(33,34)12-20-27-29-22(35-20)13-4-3-5-15(32)10-13/h1-11,32H,12H2. The van der Waals surface area contributed by atoms with E-state index in [4.69, 9.17) is 39.2 Å². The third-order valence-corrected chi connectivity index (χ3v) is 7.37. The molecule has 182 valence electrons. The summed E-state index contributed by atoms with van der Waals surface area (Å²) >= 11 is 18.8. The van der Waals surface area contributed by atoms with Crippen LogP contribution in [0, 0.1) is 0 Å². The number of nitrogens with zero attached hydrogens (tertiary/aromatic N) is 5. The van der Waals surface area contributed by atoms with Crippen LogP contribution in [0.15, 0.2) is 76.3 Å². The molecule has 2 aromatic heterocycles. The molecule has 0 aliphatic heterocycles. The van der Waals surface area contributed by atoms with E-state index in [1.165, 1.54) is 22.8 Å². The Morgan fingerprint density at radius 2 is 1.67 bits per heavy atom. The number of hydrogen-bond donors (Lipinski definition) is 1. The summed E-state index contributed by atoms with van der Waals surface area (Å²) in [6, 6.07) is 17.5. The van der Waals surface area contributed by atoms with Gasteiger partial charge in [0.05, 0.1) is 15.7 Å².